The van der Waals surface area contributed by atoms with Gasteiger partial charge in [0.2, 0.25) is 0 Å². The minimum atomic E-state index is -0.872. The number of ether oxygens (including phenoxy) is 1. The van der Waals surface area contributed by atoms with E-state index < -0.39 is 36.8 Å². The highest BCUT2D eigenvalue weighted by atomic mass is 16.5. The number of amides is 3. The van der Waals surface area contributed by atoms with E-state index in [1.165, 1.54) is 17.0 Å². The molecule has 0 spiro atoms. The summed E-state index contributed by atoms with van der Waals surface area (Å²) < 4.78 is 5.05. The molecule has 1 aliphatic rings. The van der Waals surface area contributed by atoms with E-state index in [0.29, 0.717) is 5.69 Å². The highest BCUT2D eigenvalue weighted by Gasteiger charge is 2.36. The summed E-state index contributed by atoms with van der Waals surface area (Å²) in [4.78, 5) is 51.8. The zero-order valence-corrected chi connectivity index (χ0v) is 17.3. The fourth-order valence-electron chi connectivity index (χ4n) is 3.44. The molecule has 3 rings (SSSR count). The van der Waals surface area contributed by atoms with Gasteiger partial charge in [0.15, 0.2) is 6.61 Å². The van der Waals surface area contributed by atoms with Crippen LogP contribution in [0.15, 0.2) is 42.5 Å². The number of aryl methyl sites for hydroxylation is 2. The molecule has 1 aliphatic heterocycles. The molecule has 0 saturated carbocycles. The Balaban J connectivity index is 1.64. The highest BCUT2D eigenvalue weighted by molar-refractivity contribution is 6.22. The van der Waals surface area contributed by atoms with Crippen molar-refractivity contribution in [2.75, 3.05) is 24.6 Å². The van der Waals surface area contributed by atoms with E-state index in [1.807, 2.05) is 38.1 Å². The second-order valence-corrected chi connectivity index (χ2v) is 7.20. The molecule has 1 heterocycles. The molecule has 8 nitrogen and oxygen atoms in total. The minimum Gasteiger partial charge on any atom is -0.454 e. The molecule has 0 saturated heterocycles. The quantitative estimate of drug-likeness (QED) is 0.504. The molecular weight excluding hydrogens is 398 g/mol. The van der Waals surface area contributed by atoms with Crippen LogP contribution in [0.5, 0.6) is 0 Å². The molecule has 0 fully saturated rings. The van der Waals surface area contributed by atoms with Gasteiger partial charge in [-0.25, -0.2) is 0 Å². The van der Waals surface area contributed by atoms with Gasteiger partial charge in [0.05, 0.1) is 23.6 Å². The number of fused-ring (bicyclic) bond motifs is 1. The Morgan fingerprint density at radius 3 is 2.16 bits per heavy atom. The Kier molecular flexibility index (Phi) is 6.46. The molecule has 0 aliphatic carbocycles. The summed E-state index contributed by atoms with van der Waals surface area (Å²) in [5.74, 6) is -2.52. The number of benzene rings is 2. The number of imide groups is 1. The van der Waals surface area contributed by atoms with Gasteiger partial charge in [0.25, 0.3) is 17.7 Å². The fraction of sp³-hybridized carbons (Fsp3) is 0.261. The van der Waals surface area contributed by atoms with Crippen molar-refractivity contribution in [2.24, 2.45) is 0 Å². The number of nitriles is 1. The molecule has 0 unspecified atom stereocenters. The largest absolute Gasteiger partial charge is 0.454 e. The van der Waals surface area contributed by atoms with E-state index in [0.717, 1.165) is 16.0 Å². The van der Waals surface area contributed by atoms with E-state index in [2.05, 4.69) is 0 Å². The summed E-state index contributed by atoms with van der Waals surface area (Å²) >= 11 is 0. The summed E-state index contributed by atoms with van der Waals surface area (Å²) in [6.07, 6.45) is 0.113. The average molecular weight is 419 g/mol. The maximum atomic E-state index is 12.7. The summed E-state index contributed by atoms with van der Waals surface area (Å²) in [7, 11) is 0. The average Bonchev–Trinajstić information content (AvgIpc) is 2.97. The topological polar surface area (TPSA) is 108 Å². The van der Waals surface area contributed by atoms with E-state index >= 15 is 0 Å². The van der Waals surface area contributed by atoms with E-state index in [9.17, 15) is 19.2 Å². The third-order valence-electron chi connectivity index (χ3n) is 4.79. The first-order valence-electron chi connectivity index (χ1n) is 9.68. The molecule has 2 aromatic carbocycles. The number of hydrogen-bond acceptors (Lipinski definition) is 6. The van der Waals surface area contributed by atoms with Gasteiger partial charge in [-0.05, 0) is 49.2 Å². The van der Waals surface area contributed by atoms with Crippen LogP contribution < -0.4 is 4.90 Å². The number of rotatable bonds is 7. The molecule has 0 bridgehead atoms. The monoisotopic (exact) mass is 419 g/mol. The van der Waals surface area contributed by atoms with Gasteiger partial charge in [0, 0.05) is 12.2 Å². The van der Waals surface area contributed by atoms with Crippen LogP contribution >= 0.6 is 0 Å². The van der Waals surface area contributed by atoms with Gasteiger partial charge >= 0.3 is 5.97 Å². The zero-order valence-electron chi connectivity index (χ0n) is 17.3. The smallest absolute Gasteiger partial charge is 0.326 e. The van der Waals surface area contributed by atoms with Gasteiger partial charge in [-0.1, -0.05) is 18.2 Å². The molecule has 0 atom stereocenters. The van der Waals surface area contributed by atoms with Gasteiger partial charge in [-0.3, -0.25) is 24.1 Å². The lowest BCUT2D eigenvalue weighted by atomic mass is 10.1. The number of nitrogens with zero attached hydrogens (tertiary/aromatic N) is 3. The van der Waals surface area contributed by atoms with Crippen molar-refractivity contribution in [3.63, 3.8) is 0 Å². The van der Waals surface area contributed by atoms with Crippen LogP contribution in [0.1, 0.15) is 38.3 Å². The minimum absolute atomic E-state index is 0.113. The Hall–Kier alpha value is -3.99. The predicted octanol–water partition coefficient (Wildman–Crippen LogP) is 2.39. The molecule has 0 N–H and O–H groups in total. The first kappa shape index (κ1) is 21.7. The summed E-state index contributed by atoms with van der Waals surface area (Å²) in [6.45, 7) is 2.78. The first-order chi connectivity index (χ1) is 14.8. The van der Waals surface area contributed by atoms with Crippen molar-refractivity contribution in [1.29, 1.82) is 5.26 Å². The van der Waals surface area contributed by atoms with Crippen molar-refractivity contribution in [1.82, 2.24) is 4.90 Å². The number of anilines is 1. The molecule has 8 heteroatoms. The second kappa shape index (κ2) is 9.22. The summed E-state index contributed by atoms with van der Waals surface area (Å²) in [5, 5.41) is 8.91. The Labute approximate surface area is 179 Å². The number of esters is 1. The van der Waals surface area contributed by atoms with Crippen LogP contribution in [0.4, 0.5) is 5.69 Å². The zero-order chi connectivity index (χ0) is 22.5. The molecule has 0 aromatic heterocycles. The number of hydrogen-bond donors (Lipinski definition) is 0. The van der Waals surface area contributed by atoms with Crippen LogP contribution in [0.25, 0.3) is 0 Å². The highest BCUT2D eigenvalue weighted by Crippen LogP contribution is 2.22. The van der Waals surface area contributed by atoms with Crippen molar-refractivity contribution in [2.45, 2.75) is 20.3 Å². The third kappa shape index (κ3) is 4.78. The van der Waals surface area contributed by atoms with Crippen LogP contribution in [-0.2, 0) is 14.3 Å². The van der Waals surface area contributed by atoms with E-state index in [1.54, 1.807) is 12.1 Å². The molecule has 2 aromatic rings. The standard InChI is InChI=1S/C23H21N3O5/c1-15-10-16(2)12-17(11-15)25(9-5-8-24)20(27)14-31-21(28)13-26-22(29)18-6-3-4-7-19(18)23(26)30/h3-4,6-7,10-12H,5,9,13-14H2,1-2H3. The maximum Gasteiger partial charge on any atom is 0.326 e. The Bertz CT molecular complexity index is 1050. The molecule has 0 radical (unpaired) electrons. The molecule has 158 valence electrons. The molecular formula is C23H21N3O5. The van der Waals surface area contributed by atoms with E-state index in [-0.39, 0.29) is 24.1 Å². The van der Waals surface area contributed by atoms with Crippen LogP contribution in [0, 0.1) is 25.2 Å². The lowest BCUT2D eigenvalue weighted by Crippen LogP contribution is -2.39. The number of carbonyl (C=O) groups is 4. The Morgan fingerprint density at radius 1 is 1.03 bits per heavy atom. The van der Waals surface area contributed by atoms with E-state index in [4.69, 9.17) is 10.00 Å². The SMILES string of the molecule is Cc1cc(C)cc(N(CCC#N)C(=O)COC(=O)CN2C(=O)c3ccccc3C2=O)c1. The summed E-state index contributed by atoms with van der Waals surface area (Å²) in [5.41, 5.74) is 2.97. The van der Waals surface area contributed by atoms with Crippen molar-refractivity contribution >= 4 is 29.4 Å². The van der Waals surface area contributed by atoms with Crippen molar-refractivity contribution in [3.8, 4) is 6.07 Å². The summed E-state index contributed by atoms with van der Waals surface area (Å²) in [6, 6.07) is 13.9. The number of carbonyl (C=O) groups excluding carboxylic acids is 4. The normalized spacial score (nSPS) is 12.4. The van der Waals surface area contributed by atoms with Crippen molar-refractivity contribution in [3.05, 3.63) is 64.7 Å². The molecule has 31 heavy (non-hydrogen) atoms. The van der Waals surface area contributed by atoms with Gasteiger partial charge < -0.3 is 9.64 Å². The van der Waals surface area contributed by atoms with Gasteiger partial charge in [-0.15, -0.1) is 0 Å². The lowest BCUT2D eigenvalue weighted by molar-refractivity contribution is -0.148. The Morgan fingerprint density at radius 2 is 1.61 bits per heavy atom. The second-order valence-electron chi connectivity index (χ2n) is 7.20. The predicted molar refractivity (Wildman–Crippen MR) is 111 cm³/mol. The molecule has 3 amide bonds. The third-order valence-corrected chi connectivity index (χ3v) is 4.79. The van der Waals surface area contributed by atoms with Crippen molar-refractivity contribution < 1.29 is 23.9 Å². The lowest BCUT2D eigenvalue weighted by Gasteiger charge is -2.23. The fourth-order valence-corrected chi connectivity index (χ4v) is 3.44. The first-order valence-corrected chi connectivity index (χ1v) is 9.68. The van der Waals surface area contributed by atoms with Crippen LogP contribution in [-0.4, -0.2) is 48.3 Å². The maximum absolute atomic E-state index is 12.7. The van der Waals surface area contributed by atoms with Gasteiger partial charge in [0.1, 0.15) is 6.54 Å². The van der Waals surface area contributed by atoms with Gasteiger partial charge in [-0.2, -0.15) is 5.26 Å². The van der Waals surface area contributed by atoms with Crippen LogP contribution in [0.2, 0.25) is 0 Å². The van der Waals surface area contributed by atoms with Crippen LogP contribution in [0.3, 0.4) is 0 Å².